The molecule has 1 aromatic carbocycles. The lowest BCUT2D eigenvalue weighted by molar-refractivity contribution is 0.0776. The smallest absolute Gasteiger partial charge is 0.268 e. The molecule has 0 bridgehead atoms. The van der Waals surface area contributed by atoms with E-state index in [-0.39, 0.29) is 24.4 Å². The highest BCUT2D eigenvalue weighted by Crippen LogP contribution is 2.23. The van der Waals surface area contributed by atoms with Crippen LogP contribution in [-0.2, 0) is 24.4 Å². The van der Waals surface area contributed by atoms with Crippen LogP contribution in [0.15, 0.2) is 42.7 Å². The van der Waals surface area contributed by atoms with Gasteiger partial charge in [0.2, 0.25) is 0 Å². The summed E-state index contributed by atoms with van der Waals surface area (Å²) in [5.41, 5.74) is 2.66. The quantitative estimate of drug-likeness (QED) is 0.553. The second-order valence-corrected chi connectivity index (χ2v) is 7.05. The van der Waals surface area contributed by atoms with E-state index in [9.17, 15) is 9.59 Å². The highest BCUT2D eigenvalue weighted by atomic mass is 16.5. The predicted molar refractivity (Wildman–Crippen MR) is 109 cm³/mol. The van der Waals surface area contributed by atoms with Gasteiger partial charge in [-0.25, -0.2) is 4.98 Å². The zero-order chi connectivity index (χ0) is 20.9. The van der Waals surface area contributed by atoms with E-state index in [1.54, 1.807) is 6.07 Å². The predicted octanol–water partition coefficient (Wildman–Crippen LogP) is 1.95. The summed E-state index contributed by atoms with van der Waals surface area (Å²) >= 11 is 0. The van der Waals surface area contributed by atoms with Gasteiger partial charge in [-0.15, -0.1) is 0 Å². The number of carbonyl (C=O) groups is 2. The van der Waals surface area contributed by atoms with Crippen molar-refractivity contribution in [3.8, 4) is 0 Å². The van der Waals surface area contributed by atoms with Crippen LogP contribution in [0.1, 0.15) is 57.3 Å². The summed E-state index contributed by atoms with van der Waals surface area (Å²) in [6.45, 7) is 3.55. The Morgan fingerprint density at radius 1 is 1.27 bits per heavy atom. The third kappa shape index (κ3) is 4.11. The summed E-state index contributed by atoms with van der Waals surface area (Å²) in [6, 6.07) is 11.4. The van der Waals surface area contributed by atoms with E-state index in [0.29, 0.717) is 42.5 Å². The van der Waals surface area contributed by atoms with Crippen LogP contribution >= 0.6 is 0 Å². The number of H-pyrrole nitrogens is 1. The van der Waals surface area contributed by atoms with Gasteiger partial charge in [-0.2, -0.15) is 5.10 Å². The molecule has 4 rings (SSSR count). The minimum atomic E-state index is -0.274. The van der Waals surface area contributed by atoms with E-state index >= 15 is 0 Å². The van der Waals surface area contributed by atoms with Crippen molar-refractivity contribution in [1.82, 2.24) is 30.4 Å². The Labute approximate surface area is 173 Å². The van der Waals surface area contributed by atoms with Crippen molar-refractivity contribution in [2.75, 3.05) is 6.61 Å². The Bertz CT molecular complexity index is 1010. The molecule has 3 heterocycles. The van der Waals surface area contributed by atoms with Crippen LogP contribution in [0.3, 0.4) is 0 Å². The lowest BCUT2D eigenvalue weighted by Crippen LogP contribution is -2.30. The SMILES string of the molecule is CC[C@@H](NC(=O)c1cc(C(=O)NCc2ncn[nH]2)n2c1COCC2)c1ccccc1. The molecule has 0 saturated carbocycles. The van der Waals surface area contributed by atoms with Gasteiger partial charge >= 0.3 is 0 Å². The lowest BCUT2D eigenvalue weighted by atomic mass is 10.0. The van der Waals surface area contributed by atoms with Gasteiger partial charge in [-0.05, 0) is 18.1 Å². The molecule has 156 valence electrons. The van der Waals surface area contributed by atoms with Gasteiger partial charge in [0, 0.05) is 6.54 Å². The number of nitrogens with one attached hydrogen (secondary N) is 3. The molecule has 0 unspecified atom stereocenters. The maximum Gasteiger partial charge on any atom is 0.268 e. The monoisotopic (exact) mass is 408 g/mol. The minimum absolute atomic E-state index is 0.109. The summed E-state index contributed by atoms with van der Waals surface area (Å²) in [5, 5.41) is 12.4. The minimum Gasteiger partial charge on any atom is -0.373 e. The van der Waals surface area contributed by atoms with E-state index in [4.69, 9.17) is 4.74 Å². The Morgan fingerprint density at radius 2 is 2.10 bits per heavy atom. The molecule has 1 aliphatic rings. The van der Waals surface area contributed by atoms with Crippen molar-refractivity contribution in [3.63, 3.8) is 0 Å². The van der Waals surface area contributed by atoms with Gasteiger partial charge in [0.1, 0.15) is 17.8 Å². The topological polar surface area (TPSA) is 114 Å². The Kier molecular flexibility index (Phi) is 5.89. The number of fused-ring (bicyclic) bond motifs is 1. The number of nitrogens with zero attached hydrogens (tertiary/aromatic N) is 3. The van der Waals surface area contributed by atoms with Gasteiger partial charge < -0.3 is 19.9 Å². The molecule has 0 aliphatic carbocycles. The van der Waals surface area contributed by atoms with Crippen LogP contribution in [0.2, 0.25) is 0 Å². The van der Waals surface area contributed by atoms with E-state index in [0.717, 1.165) is 12.0 Å². The molecule has 1 aliphatic heterocycles. The first-order chi connectivity index (χ1) is 14.7. The van der Waals surface area contributed by atoms with Crippen molar-refractivity contribution < 1.29 is 14.3 Å². The molecule has 1 atom stereocenters. The number of ether oxygens (including phenoxy) is 1. The molecule has 0 radical (unpaired) electrons. The van der Waals surface area contributed by atoms with Crippen LogP contribution in [-0.4, -0.2) is 38.2 Å². The number of aromatic amines is 1. The molecular weight excluding hydrogens is 384 g/mol. The summed E-state index contributed by atoms with van der Waals surface area (Å²) in [4.78, 5) is 29.9. The van der Waals surface area contributed by atoms with E-state index < -0.39 is 0 Å². The molecule has 0 fully saturated rings. The molecule has 3 aromatic rings. The molecule has 2 amide bonds. The van der Waals surface area contributed by atoms with Gasteiger partial charge in [0.25, 0.3) is 11.8 Å². The average molecular weight is 408 g/mol. The molecule has 3 N–H and O–H groups in total. The van der Waals surface area contributed by atoms with E-state index in [2.05, 4.69) is 25.8 Å². The van der Waals surface area contributed by atoms with Gasteiger partial charge in [0.15, 0.2) is 0 Å². The Morgan fingerprint density at radius 3 is 2.83 bits per heavy atom. The first-order valence-electron chi connectivity index (χ1n) is 9.95. The fourth-order valence-corrected chi connectivity index (χ4v) is 3.62. The third-order valence-corrected chi connectivity index (χ3v) is 5.18. The number of hydrogen-bond donors (Lipinski definition) is 3. The number of benzene rings is 1. The summed E-state index contributed by atoms with van der Waals surface area (Å²) < 4.78 is 7.42. The largest absolute Gasteiger partial charge is 0.373 e. The standard InChI is InChI=1S/C21H24N6O3/c1-2-16(14-6-4-3-5-7-14)25-20(28)15-10-17(27-8-9-30-12-18(15)27)21(29)22-11-19-23-13-24-26-19/h3-7,10,13,16H,2,8-9,11-12H2,1H3,(H,22,29)(H,25,28)(H,23,24,26)/t16-/m1/s1. The van der Waals surface area contributed by atoms with Gasteiger partial charge in [0.05, 0.1) is 37.1 Å². The van der Waals surface area contributed by atoms with E-state index in [1.807, 2.05) is 41.8 Å². The summed E-state index contributed by atoms with van der Waals surface area (Å²) in [6.07, 6.45) is 2.14. The first kappa shape index (κ1) is 19.8. The first-order valence-corrected chi connectivity index (χ1v) is 9.95. The van der Waals surface area contributed by atoms with Crippen molar-refractivity contribution in [2.45, 2.75) is 39.1 Å². The van der Waals surface area contributed by atoms with Crippen molar-refractivity contribution in [3.05, 3.63) is 71.1 Å². The van der Waals surface area contributed by atoms with Crippen LogP contribution in [0.25, 0.3) is 0 Å². The normalized spacial score (nSPS) is 14.0. The second kappa shape index (κ2) is 8.91. The highest BCUT2D eigenvalue weighted by Gasteiger charge is 2.27. The zero-order valence-corrected chi connectivity index (χ0v) is 16.7. The third-order valence-electron chi connectivity index (χ3n) is 5.18. The maximum absolute atomic E-state index is 13.1. The second-order valence-electron chi connectivity index (χ2n) is 7.05. The number of aromatic nitrogens is 4. The summed E-state index contributed by atoms with van der Waals surface area (Å²) in [5.74, 6) is 0.0710. The fourth-order valence-electron chi connectivity index (χ4n) is 3.62. The van der Waals surface area contributed by atoms with Crippen molar-refractivity contribution in [1.29, 1.82) is 0 Å². The van der Waals surface area contributed by atoms with E-state index in [1.165, 1.54) is 6.33 Å². The highest BCUT2D eigenvalue weighted by molar-refractivity contribution is 6.00. The Balaban J connectivity index is 1.55. The molecular formula is C21H24N6O3. The van der Waals surface area contributed by atoms with Gasteiger partial charge in [-0.3, -0.25) is 14.7 Å². The number of hydrogen-bond acceptors (Lipinski definition) is 5. The number of rotatable bonds is 7. The fraction of sp³-hybridized carbons (Fsp3) is 0.333. The molecule has 0 spiro atoms. The van der Waals surface area contributed by atoms with Crippen LogP contribution < -0.4 is 10.6 Å². The number of carbonyl (C=O) groups excluding carboxylic acids is 2. The zero-order valence-electron chi connectivity index (χ0n) is 16.7. The molecule has 0 saturated heterocycles. The number of amides is 2. The van der Waals surface area contributed by atoms with Crippen LogP contribution in [0, 0.1) is 0 Å². The Hall–Kier alpha value is -3.46. The summed E-state index contributed by atoms with van der Waals surface area (Å²) in [7, 11) is 0. The lowest BCUT2D eigenvalue weighted by Gasteiger charge is -2.20. The molecule has 30 heavy (non-hydrogen) atoms. The van der Waals surface area contributed by atoms with Crippen molar-refractivity contribution in [2.24, 2.45) is 0 Å². The van der Waals surface area contributed by atoms with Crippen LogP contribution in [0.5, 0.6) is 0 Å². The van der Waals surface area contributed by atoms with Crippen LogP contribution in [0.4, 0.5) is 0 Å². The van der Waals surface area contributed by atoms with Gasteiger partial charge in [-0.1, -0.05) is 37.3 Å². The average Bonchev–Trinajstić information content (AvgIpc) is 3.44. The molecule has 2 aromatic heterocycles. The maximum atomic E-state index is 13.1. The molecule has 9 nitrogen and oxygen atoms in total. The molecule has 9 heteroatoms. The van der Waals surface area contributed by atoms with Crippen molar-refractivity contribution >= 4 is 11.8 Å².